The summed E-state index contributed by atoms with van der Waals surface area (Å²) in [5, 5.41) is 0. The molecule has 16 heavy (non-hydrogen) atoms. The van der Waals surface area contributed by atoms with Gasteiger partial charge in [0, 0.05) is 0 Å². The highest BCUT2D eigenvalue weighted by Gasteiger charge is 2.21. The summed E-state index contributed by atoms with van der Waals surface area (Å²) in [5.41, 5.74) is 3.08. The van der Waals surface area contributed by atoms with E-state index in [-0.39, 0.29) is 0 Å². The summed E-state index contributed by atoms with van der Waals surface area (Å²) in [4.78, 5) is 0. The summed E-state index contributed by atoms with van der Waals surface area (Å²) in [7, 11) is 0. The van der Waals surface area contributed by atoms with Crippen molar-refractivity contribution in [3.63, 3.8) is 0 Å². The molecular formula is C13H9BrCl2. The predicted molar refractivity (Wildman–Crippen MR) is 74.2 cm³/mol. The molecule has 2 aromatic carbocycles. The van der Waals surface area contributed by atoms with Crippen molar-refractivity contribution in [2.24, 2.45) is 0 Å². The second-order valence-electron chi connectivity index (χ2n) is 3.44. The highest BCUT2D eigenvalue weighted by molar-refractivity contribution is 9.10. The number of rotatable bonds is 2. The standard InChI is InChI=1S/C13H9BrCl2/c14-13(15,16)12-8-4-7-11(9-12)10-5-2-1-3-6-10/h1-9H. The van der Waals surface area contributed by atoms with E-state index in [9.17, 15) is 0 Å². The van der Waals surface area contributed by atoms with Gasteiger partial charge in [0.05, 0.1) is 0 Å². The minimum atomic E-state index is -1.03. The zero-order valence-corrected chi connectivity index (χ0v) is 11.4. The van der Waals surface area contributed by atoms with Gasteiger partial charge >= 0.3 is 0 Å². The molecule has 0 saturated carbocycles. The zero-order chi connectivity index (χ0) is 11.6. The second-order valence-corrected chi connectivity index (χ2v) is 6.87. The average Bonchev–Trinajstić information content (AvgIpc) is 2.29. The number of hydrogen-bond acceptors (Lipinski definition) is 0. The number of halogens is 3. The van der Waals surface area contributed by atoms with Gasteiger partial charge in [-0.3, -0.25) is 0 Å². The van der Waals surface area contributed by atoms with Crippen molar-refractivity contribution in [3.05, 3.63) is 60.2 Å². The lowest BCUT2D eigenvalue weighted by molar-refractivity contribution is 1.29. The summed E-state index contributed by atoms with van der Waals surface area (Å²) in [6.07, 6.45) is 0. The summed E-state index contributed by atoms with van der Waals surface area (Å²) in [5.74, 6) is 0. The van der Waals surface area contributed by atoms with Gasteiger partial charge in [-0.25, -0.2) is 0 Å². The molecule has 0 bridgehead atoms. The molecule has 2 aromatic rings. The van der Waals surface area contributed by atoms with Crippen LogP contribution in [0.2, 0.25) is 0 Å². The van der Waals surface area contributed by atoms with Crippen molar-refractivity contribution in [2.45, 2.75) is 3.24 Å². The molecule has 0 aliphatic rings. The maximum absolute atomic E-state index is 6.00. The molecule has 3 heteroatoms. The van der Waals surface area contributed by atoms with Crippen LogP contribution in [-0.4, -0.2) is 0 Å². The van der Waals surface area contributed by atoms with Gasteiger partial charge in [0.25, 0.3) is 0 Å². The first kappa shape index (κ1) is 12.0. The van der Waals surface area contributed by atoms with E-state index in [1.165, 1.54) is 0 Å². The molecule has 82 valence electrons. The van der Waals surface area contributed by atoms with Crippen LogP contribution in [0.25, 0.3) is 11.1 Å². The van der Waals surface area contributed by atoms with E-state index in [1.54, 1.807) is 0 Å². The lowest BCUT2D eigenvalue weighted by Crippen LogP contribution is -1.98. The molecule has 0 N–H and O–H groups in total. The lowest BCUT2D eigenvalue weighted by atomic mass is 10.0. The van der Waals surface area contributed by atoms with E-state index in [0.29, 0.717) is 0 Å². The van der Waals surface area contributed by atoms with Crippen molar-refractivity contribution in [3.8, 4) is 11.1 Å². The molecule has 0 radical (unpaired) electrons. The zero-order valence-electron chi connectivity index (χ0n) is 8.33. The first-order valence-electron chi connectivity index (χ1n) is 4.80. The van der Waals surface area contributed by atoms with Crippen LogP contribution in [0.4, 0.5) is 0 Å². The maximum Gasteiger partial charge on any atom is 0.197 e. The Balaban J connectivity index is 2.45. The van der Waals surface area contributed by atoms with Gasteiger partial charge in [0.1, 0.15) is 0 Å². The van der Waals surface area contributed by atoms with Crippen molar-refractivity contribution in [1.29, 1.82) is 0 Å². The molecule has 0 amide bonds. The predicted octanol–water partition coefficient (Wildman–Crippen LogP) is 5.34. The Bertz CT molecular complexity index is 475. The average molecular weight is 316 g/mol. The molecule has 0 spiro atoms. The van der Waals surface area contributed by atoms with Crippen LogP contribution >= 0.6 is 39.1 Å². The van der Waals surface area contributed by atoms with Crippen molar-refractivity contribution < 1.29 is 0 Å². The van der Waals surface area contributed by atoms with Crippen molar-refractivity contribution >= 4 is 39.1 Å². The highest BCUT2D eigenvalue weighted by Crippen LogP contribution is 2.41. The van der Waals surface area contributed by atoms with Gasteiger partial charge < -0.3 is 0 Å². The molecule has 0 aliphatic heterocycles. The minimum Gasteiger partial charge on any atom is -0.0834 e. The Morgan fingerprint density at radius 2 is 1.44 bits per heavy atom. The first-order chi connectivity index (χ1) is 7.57. The molecule has 0 heterocycles. The monoisotopic (exact) mass is 314 g/mol. The molecule has 0 fully saturated rings. The van der Waals surface area contributed by atoms with E-state index in [0.717, 1.165) is 16.7 Å². The summed E-state index contributed by atoms with van der Waals surface area (Å²) < 4.78 is -1.03. The Labute approximate surface area is 113 Å². The van der Waals surface area contributed by atoms with E-state index < -0.39 is 3.24 Å². The summed E-state index contributed by atoms with van der Waals surface area (Å²) >= 11 is 15.2. The Morgan fingerprint density at radius 3 is 2.06 bits per heavy atom. The van der Waals surface area contributed by atoms with E-state index in [4.69, 9.17) is 23.2 Å². The largest absolute Gasteiger partial charge is 0.197 e. The molecule has 0 aromatic heterocycles. The molecule has 0 atom stereocenters. The second kappa shape index (κ2) is 4.79. The Kier molecular flexibility index (Phi) is 3.58. The Morgan fingerprint density at radius 1 is 0.812 bits per heavy atom. The topological polar surface area (TPSA) is 0 Å². The third-order valence-electron chi connectivity index (χ3n) is 2.30. The van der Waals surface area contributed by atoms with Crippen LogP contribution in [0, 0.1) is 0 Å². The SMILES string of the molecule is ClC(Cl)(Br)c1cccc(-c2ccccc2)c1. The van der Waals surface area contributed by atoms with Crippen LogP contribution in [-0.2, 0) is 3.24 Å². The van der Waals surface area contributed by atoms with Crippen molar-refractivity contribution in [2.75, 3.05) is 0 Å². The molecular weight excluding hydrogens is 307 g/mol. The fourth-order valence-electron chi connectivity index (χ4n) is 1.51. The lowest BCUT2D eigenvalue weighted by Gasteiger charge is -2.13. The van der Waals surface area contributed by atoms with E-state index in [2.05, 4.69) is 28.1 Å². The summed E-state index contributed by atoms with van der Waals surface area (Å²) in [6, 6.07) is 17.9. The number of benzene rings is 2. The van der Waals surface area contributed by atoms with Crippen LogP contribution in [0.15, 0.2) is 54.6 Å². The van der Waals surface area contributed by atoms with Gasteiger partial charge in [-0.15, -0.1) is 0 Å². The Hall–Kier alpha value is -0.500. The quantitative estimate of drug-likeness (QED) is 0.656. The number of alkyl halides is 3. The van der Waals surface area contributed by atoms with Crippen LogP contribution in [0.3, 0.4) is 0 Å². The molecule has 0 aliphatic carbocycles. The van der Waals surface area contributed by atoms with E-state index >= 15 is 0 Å². The van der Waals surface area contributed by atoms with E-state index in [1.807, 2.05) is 42.5 Å². The third-order valence-corrected chi connectivity index (χ3v) is 3.19. The highest BCUT2D eigenvalue weighted by atomic mass is 79.9. The van der Waals surface area contributed by atoms with Crippen LogP contribution in [0.1, 0.15) is 5.56 Å². The molecule has 0 unspecified atom stereocenters. The fourth-order valence-corrected chi connectivity index (χ4v) is 1.99. The normalized spacial score (nSPS) is 11.4. The van der Waals surface area contributed by atoms with Gasteiger partial charge in [-0.1, -0.05) is 71.7 Å². The van der Waals surface area contributed by atoms with Gasteiger partial charge in [0.2, 0.25) is 0 Å². The minimum absolute atomic E-state index is 0.831. The first-order valence-corrected chi connectivity index (χ1v) is 6.35. The van der Waals surface area contributed by atoms with Crippen LogP contribution in [0.5, 0.6) is 0 Å². The smallest absolute Gasteiger partial charge is 0.0834 e. The van der Waals surface area contributed by atoms with Crippen molar-refractivity contribution in [1.82, 2.24) is 0 Å². The maximum atomic E-state index is 6.00. The third kappa shape index (κ3) is 2.79. The van der Waals surface area contributed by atoms with Crippen LogP contribution < -0.4 is 0 Å². The number of hydrogen-bond donors (Lipinski definition) is 0. The molecule has 2 rings (SSSR count). The molecule has 0 nitrogen and oxygen atoms in total. The van der Waals surface area contributed by atoms with Gasteiger partial charge in [-0.05, 0) is 38.7 Å². The van der Waals surface area contributed by atoms with Gasteiger partial charge in [-0.2, -0.15) is 0 Å². The molecule has 0 saturated heterocycles. The van der Waals surface area contributed by atoms with Gasteiger partial charge in [0.15, 0.2) is 3.24 Å². The fraction of sp³-hybridized carbons (Fsp3) is 0.0769. The summed E-state index contributed by atoms with van der Waals surface area (Å²) in [6.45, 7) is 0.